The Morgan fingerprint density at radius 3 is 2.19 bits per heavy atom. The van der Waals surface area contributed by atoms with Gasteiger partial charge in [0.25, 0.3) is 5.91 Å². The smallest absolute Gasteiger partial charge is 0.326 e. The third kappa shape index (κ3) is 4.58. The van der Waals surface area contributed by atoms with Gasteiger partial charge in [0, 0.05) is 16.7 Å². The summed E-state index contributed by atoms with van der Waals surface area (Å²) >= 11 is 1.33. The van der Waals surface area contributed by atoms with E-state index in [2.05, 4.69) is 4.99 Å². The van der Waals surface area contributed by atoms with Crippen LogP contribution in [0.15, 0.2) is 83.9 Å². The van der Waals surface area contributed by atoms with Crippen LogP contribution in [0.3, 0.4) is 0 Å². The molecule has 0 bridgehead atoms. The number of fused-ring (bicyclic) bond motifs is 1. The van der Waals surface area contributed by atoms with Gasteiger partial charge in [-0.25, -0.2) is 0 Å². The summed E-state index contributed by atoms with van der Waals surface area (Å²) < 4.78 is 7.66. The van der Waals surface area contributed by atoms with Crippen molar-refractivity contribution < 1.29 is 19.1 Å². The molecule has 0 fully saturated rings. The summed E-state index contributed by atoms with van der Waals surface area (Å²) in [6.45, 7) is 1.99. The molecule has 0 N–H and O–H groups in total. The van der Waals surface area contributed by atoms with Crippen LogP contribution in [0.5, 0.6) is 0 Å². The van der Waals surface area contributed by atoms with Crippen LogP contribution in [0, 0.1) is 0 Å². The standard InChI is InChI=1S/C25H20N2O4S/c1-2-31-22(28)16-27-20-10-6-7-11-21(20)32-25(27)26-24(30)19-14-12-18(13-15-19)23(29)17-8-4-3-5-9-17/h3-15H,2,16H2,1H3. The Balaban J connectivity index is 1.65. The molecule has 1 amide bonds. The number of aromatic nitrogens is 1. The van der Waals surface area contributed by atoms with Gasteiger partial charge >= 0.3 is 5.97 Å². The number of esters is 1. The second-order valence-corrected chi connectivity index (χ2v) is 7.94. The van der Waals surface area contributed by atoms with Crippen LogP contribution in [0.4, 0.5) is 0 Å². The van der Waals surface area contributed by atoms with Gasteiger partial charge in [0.1, 0.15) is 6.54 Å². The number of ether oxygens (including phenoxy) is 1. The Labute approximate surface area is 188 Å². The monoisotopic (exact) mass is 444 g/mol. The van der Waals surface area contributed by atoms with Crippen LogP contribution >= 0.6 is 11.3 Å². The van der Waals surface area contributed by atoms with Crippen molar-refractivity contribution in [3.63, 3.8) is 0 Å². The maximum Gasteiger partial charge on any atom is 0.326 e. The summed E-state index contributed by atoms with van der Waals surface area (Å²) in [6, 6.07) is 22.9. The van der Waals surface area contributed by atoms with E-state index in [0.29, 0.717) is 21.5 Å². The van der Waals surface area contributed by atoms with Gasteiger partial charge in [-0.2, -0.15) is 4.99 Å². The van der Waals surface area contributed by atoms with Crippen molar-refractivity contribution in [2.45, 2.75) is 13.5 Å². The zero-order chi connectivity index (χ0) is 22.5. The Bertz CT molecular complexity index is 1350. The summed E-state index contributed by atoms with van der Waals surface area (Å²) in [5.74, 6) is -0.958. The molecule has 0 saturated carbocycles. The van der Waals surface area contributed by atoms with Gasteiger partial charge in [0.15, 0.2) is 10.6 Å². The highest BCUT2D eigenvalue weighted by Crippen LogP contribution is 2.17. The minimum Gasteiger partial charge on any atom is -0.465 e. The van der Waals surface area contributed by atoms with Crippen LogP contribution in [-0.4, -0.2) is 28.8 Å². The fourth-order valence-corrected chi connectivity index (χ4v) is 4.29. The number of benzene rings is 3. The van der Waals surface area contributed by atoms with Crippen LogP contribution in [-0.2, 0) is 16.1 Å². The summed E-state index contributed by atoms with van der Waals surface area (Å²) in [4.78, 5) is 42.2. The number of nitrogens with zero attached hydrogens (tertiary/aromatic N) is 2. The lowest BCUT2D eigenvalue weighted by atomic mass is 10.0. The number of hydrogen-bond acceptors (Lipinski definition) is 5. The average molecular weight is 445 g/mol. The molecule has 0 atom stereocenters. The molecule has 1 heterocycles. The highest BCUT2D eigenvalue weighted by Gasteiger charge is 2.14. The van der Waals surface area contributed by atoms with E-state index in [9.17, 15) is 14.4 Å². The highest BCUT2D eigenvalue weighted by atomic mass is 32.1. The largest absolute Gasteiger partial charge is 0.465 e. The zero-order valence-electron chi connectivity index (χ0n) is 17.4. The van der Waals surface area contributed by atoms with Gasteiger partial charge in [0.2, 0.25) is 0 Å². The van der Waals surface area contributed by atoms with Crippen molar-refractivity contribution in [3.05, 3.63) is 100 Å². The number of carbonyl (C=O) groups is 3. The number of amides is 1. The molecule has 0 unspecified atom stereocenters. The van der Waals surface area contributed by atoms with E-state index in [1.54, 1.807) is 60.0 Å². The number of rotatable bonds is 6. The lowest BCUT2D eigenvalue weighted by molar-refractivity contribution is -0.143. The minimum absolute atomic E-state index is 0.0333. The van der Waals surface area contributed by atoms with Crippen molar-refractivity contribution in [2.75, 3.05) is 6.61 Å². The first-order chi connectivity index (χ1) is 15.6. The lowest BCUT2D eigenvalue weighted by Crippen LogP contribution is -2.23. The van der Waals surface area contributed by atoms with Crippen LogP contribution in [0.2, 0.25) is 0 Å². The predicted molar refractivity (Wildman–Crippen MR) is 123 cm³/mol. The second kappa shape index (κ2) is 9.53. The van der Waals surface area contributed by atoms with Gasteiger partial charge in [-0.3, -0.25) is 14.4 Å². The van der Waals surface area contributed by atoms with E-state index in [1.165, 1.54) is 11.3 Å². The van der Waals surface area contributed by atoms with Crippen LogP contribution < -0.4 is 4.80 Å². The van der Waals surface area contributed by atoms with Crippen LogP contribution in [0.1, 0.15) is 33.2 Å². The van der Waals surface area contributed by atoms with Gasteiger partial charge in [0.05, 0.1) is 16.8 Å². The van der Waals surface area contributed by atoms with E-state index in [-0.39, 0.29) is 18.9 Å². The van der Waals surface area contributed by atoms with Crippen molar-refractivity contribution in [2.24, 2.45) is 4.99 Å². The third-order valence-electron chi connectivity index (χ3n) is 4.81. The molecule has 1 aromatic heterocycles. The molecule has 4 rings (SSSR count). The van der Waals surface area contributed by atoms with Crippen molar-refractivity contribution in [1.82, 2.24) is 4.57 Å². The minimum atomic E-state index is -0.451. The van der Waals surface area contributed by atoms with Gasteiger partial charge in [-0.15, -0.1) is 0 Å². The number of carbonyl (C=O) groups excluding carboxylic acids is 3. The number of ketones is 1. The SMILES string of the molecule is CCOC(=O)Cn1c(=NC(=O)c2ccc(C(=O)c3ccccc3)cc2)sc2ccccc21. The molecular weight excluding hydrogens is 424 g/mol. The summed E-state index contributed by atoms with van der Waals surface area (Å²) in [5.41, 5.74) is 2.24. The van der Waals surface area contributed by atoms with E-state index in [0.717, 1.165) is 10.2 Å². The topological polar surface area (TPSA) is 77.7 Å². The quantitative estimate of drug-likeness (QED) is 0.329. The maximum atomic E-state index is 12.8. The third-order valence-corrected chi connectivity index (χ3v) is 5.87. The highest BCUT2D eigenvalue weighted by molar-refractivity contribution is 7.16. The molecular formula is C25H20N2O4S. The molecule has 4 aromatic rings. The molecule has 0 radical (unpaired) electrons. The molecule has 0 aliphatic heterocycles. The normalized spacial score (nSPS) is 11.5. The lowest BCUT2D eigenvalue weighted by Gasteiger charge is -2.05. The van der Waals surface area contributed by atoms with E-state index < -0.39 is 11.9 Å². The molecule has 160 valence electrons. The number of thiazole rings is 1. The average Bonchev–Trinajstić information content (AvgIpc) is 3.16. The Morgan fingerprint density at radius 1 is 0.844 bits per heavy atom. The first-order valence-electron chi connectivity index (χ1n) is 10.1. The van der Waals surface area contributed by atoms with Gasteiger partial charge in [-0.05, 0) is 31.2 Å². The number of hydrogen-bond donors (Lipinski definition) is 0. The first-order valence-corrected chi connectivity index (χ1v) is 10.9. The van der Waals surface area contributed by atoms with Gasteiger partial charge < -0.3 is 9.30 Å². The fourth-order valence-electron chi connectivity index (χ4n) is 3.27. The summed E-state index contributed by atoms with van der Waals surface area (Å²) in [6.07, 6.45) is 0. The Kier molecular flexibility index (Phi) is 6.37. The second-order valence-electron chi connectivity index (χ2n) is 6.93. The molecule has 0 aliphatic carbocycles. The first kappa shape index (κ1) is 21.4. The summed E-state index contributed by atoms with van der Waals surface area (Å²) in [5, 5.41) is 0. The molecule has 6 nitrogen and oxygen atoms in total. The molecule has 3 aromatic carbocycles. The van der Waals surface area contributed by atoms with Crippen molar-refractivity contribution >= 4 is 39.2 Å². The molecule has 0 saturated heterocycles. The predicted octanol–water partition coefficient (Wildman–Crippen LogP) is 4.24. The zero-order valence-corrected chi connectivity index (χ0v) is 18.2. The van der Waals surface area contributed by atoms with Crippen LogP contribution in [0.25, 0.3) is 10.2 Å². The molecule has 7 heteroatoms. The molecule has 0 aliphatic rings. The van der Waals surface area contributed by atoms with E-state index in [4.69, 9.17) is 4.74 Å². The number of para-hydroxylation sites is 1. The molecule has 32 heavy (non-hydrogen) atoms. The Hall–Kier alpha value is -3.84. The molecule has 0 spiro atoms. The van der Waals surface area contributed by atoms with Crippen molar-refractivity contribution in [3.8, 4) is 0 Å². The fraction of sp³-hybridized carbons (Fsp3) is 0.120. The van der Waals surface area contributed by atoms with Gasteiger partial charge in [-0.1, -0.05) is 65.9 Å². The van der Waals surface area contributed by atoms with E-state index in [1.807, 2.05) is 30.3 Å². The summed E-state index contributed by atoms with van der Waals surface area (Å²) in [7, 11) is 0. The van der Waals surface area contributed by atoms with E-state index >= 15 is 0 Å². The van der Waals surface area contributed by atoms with Crippen molar-refractivity contribution in [1.29, 1.82) is 0 Å². The Morgan fingerprint density at radius 2 is 1.47 bits per heavy atom. The maximum absolute atomic E-state index is 12.8.